The van der Waals surface area contributed by atoms with E-state index in [2.05, 4.69) is 10.4 Å². The molecule has 13 heteroatoms. The number of amides is 1. The first-order valence-corrected chi connectivity index (χ1v) is 12.7. The van der Waals surface area contributed by atoms with E-state index in [0.29, 0.717) is 23.1 Å². The number of aromatic nitrogens is 2. The van der Waals surface area contributed by atoms with E-state index in [1.54, 1.807) is 37.3 Å². The van der Waals surface area contributed by atoms with Crippen LogP contribution in [0.3, 0.4) is 0 Å². The molecule has 1 saturated heterocycles. The average molecular weight is 537 g/mol. The number of nitrogens with zero attached hydrogens (tertiary/aromatic N) is 3. The topological polar surface area (TPSA) is 122 Å². The summed E-state index contributed by atoms with van der Waals surface area (Å²) in [5.74, 6) is -1.36. The second-order valence-electron chi connectivity index (χ2n) is 8.69. The molecular formula is C24H23F3N4O5S. The van der Waals surface area contributed by atoms with Gasteiger partial charge in [-0.3, -0.25) is 4.79 Å². The molecule has 1 aliphatic rings. The molecule has 0 spiro atoms. The molecule has 1 amide bonds. The lowest BCUT2D eigenvalue weighted by molar-refractivity contribution is -0.140. The molecular weight excluding hydrogens is 513 g/mol. The highest BCUT2D eigenvalue weighted by Crippen LogP contribution is 2.39. The molecule has 9 nitrogen and oxygen atoms in total. The predicted molar refractivity (Wildman–Crippen MR) is 128 cm³/mol. The minimum absolute atomic E-state index is 0.256. The molecule has 0 saturated carbocycles. The van der Waals surface area contributed by atoms with Gasteiger partial charge >= 0.3 is 12.1 Å². The Balaban J connectivity index is 1.76. The lowest BCUT2D eigenvalue weighted by Crippen LogP contribution is -2.37. The number of hydrogen-bond donors (Lipinski definition) is 2. The summed E-state index contributed by atoms with van der Waals surface area (Å²) in [5, 5.41) is 15.5. The Bertz CT molecular complexity index is 1470. The van der Waals surface area contributed by atoms with Gasteiger partial charge in [-0.25, -0.2) is 17.9 Å². The highest BCUT2D eigenvalue weighted by Gasteiger charge is 2.47. The van der Waals surface area contributed by atoms with Crippen molar-refractivity contribution in [3.05, 3.63) is 65.9 Å². The minimum atomic E-state index is -4.90. The molecule has 0 radical (unpaired) electrons. The maximum Gasteiger partial charge on any atom is 0.417 e. The molecule has 37 heavy (non-hydrogen) atoms. The fourth-order valence-electron chi connectivity index (χ4n) is 4.44. The smallest absolute Gasteiger partial charge is 0.417 e. The van der Waals surface area contributed by atoms with E-state index in [-0.39, 0.29) is 18.3 Å². The molecule has 1 aliphatic heterocycles. The third-order valence-corrected chi connectivity index (χ3v) is 8.19. The molecule has 2 aromatic carbocycles. The summed E-state index contributed by atoms with van der Waals surface area (Å²) in [7, 11) is -4.55. The zero-order valence-corrected chi connectivity index (χ0v) is 20.5. The van der Waals surface area contributed by atoms with Gasteiger partial charge in [0.25, 0.3) is 0 Å². The molecule has 0 aliphatic carbocycles. The summed E-state index contributed by atoms with van der Waals surface area (Å²) in [6, 6.07) is 10.7. The highest BCUT2D eigenvalue weighted by molar-refractivity contribution is 7.92. The van der Waals surface area contributed by atoms with Crippen LogP contribution in [0.5, 0.6) is 0 Å². The first-order valence-electron chi connectivity index (χ1n) is 11.1. The van der Waals surface area contributed by atoms with Gasteiger partial charge in [-0.15, -0.1) is 0 Å². The van der Waals surface area contributed by atoms with Gasteiger partial charge in [0.2, 0.25) is 5.91 Å². The summed E-state index contributed by atoms with van der Waals surface area (Å²) >= 11 is 0. The first-order chi connectivity index (χ1) is 17.3. The largest absolute Gasteiger partial charge is 0.480 e. The minimum Gasteiger partial charge on any atom is -0.480 e. The third-order valence-electron chi connectivity index (χ3n) is 6.00. The lowest BCUT2D eigenvalue weighted by Gasteiger charge is -2.24. The molecule has 2 heterocycles. The summed E-state index contributed by atoms with van der Waals surface area (Å²) in [6.07, 6.45) is -5.32. The molecule has 2 atom stereocenters. The molecule has 1 aromatic heterocycles. The molecule has 4 rings (SSSR count). The summed E-state index contributed by atoms with van der Waals surface area (Å²) in [4.78, 5) is 24.1. The van der Waals surface area contributed by atoms with E-state index in [9.17, 15) is 36.3 Å². The third kappa shape index (κ3) is 5.17. The number of carboxylic acid groups (broad SMARTS) is 1. The van der Waals surface area contributed by atoms with Gasteiger partial charge < -0.3 is 15.3 Å². The van der Waals surface area contributed by atoms with Crippen LogP contribution < -0.4 is 10.2 Å². The van der Waals surface area contributed by atoms with Gasteiger partial charge in [0.1, 0.15) is 11.9 Å². The Morgan fingerprint density at radius 2 is 1.81 bits per heavy atom. The quantitative estimate of drug-likeness (QED) is 0.493. The Labute approximate surface area is 210 Å². The number of benzene rings is 2. The fourth-order valence-corrected chi connectivity index (χ4v) is 6.35. The first kappa shape index (κ1) is 26.2. The van der Waals surface area contributed by atoms with Crippen molar-refractivity contribution < 1.29 is 36.3 Å². The standard InChI is InChI=1S/C24H23F3N4O5S/c1-14-10-22(31(29-14)17-7-5-6-16(11-17)28-15(2)32)30-13-18(12-20(30)23(33)34)37(35,36)21-9-4-3-8-19(21)24(25,26)27/h3-11,18,20H,12-13H2,1-2H3,(H,28,32)(H,33,34)/t18-,20+/m1/s1. The van der Waals surface area contributed by atoms with Gasteiger partial charge in [-0.2, -0.15) is 18.3 Å². The Hall–Kier alpha value is -3.87. The van der Waals surface area contributed by atoms with Gasteiger partial charge in [0.05, 0.1) is 27.1 Å². The Morgan fingerprint density at radius 3 is 2.46 bits per heavy atom. The fraction of sp³-hybridized carbons (Fsp3) is 0.292. The number of rotatable bonds is 6. The van der Waals surface area contributed by atoms with Crippen molar-refractivity contribution in [1.82, 2.24) is 9.78 Å². The number of sulfone groups is 1. The van der Waals surface area contributed by atoms with Crippen LogP contribution in [0.25, 0.3) is 5.69 Å². The second kappa shape index (κ2) is 9.54. The van der Waals surface area contributed by atoms with Crippen molar-refractivity contribution in [2.45, 2.75) is 42.6 Å². The molecule has 1 fully saturated rings. The monoisotopic (exact) mass is 536 g/mol. The number of carbonyl (C=O) groups excluding carboxylic acids is 1. The molecule has 0 unspecified atom stereocenters. The normalized spacial score (nSPS) is 18.1. The zero-order valence-electron chi connectivity index (χ0n) is 19.7. The number of anilines is 2. The van der Waals surface area contributed by atoms with Crippen molar-refractivity contribution in [2.24, 2.45) is 0 Å². The molecule has 2 N–H and O–H groups in total. The number of aliphatic carboxylic acids is 1. The Kier molecular flexibility index (Phi) is 6.76. The van der Waals surface area contributed by atoms with Crippen molar-refractivity contribution in [2.75, 3.05) is 16.8 Å². The SMILES string of the molecule is CC(=O)Nc1cccc(-n2nc(C)cc2N2C[C@H](S(=O)(=O)c3ccccc3C(F)(F)F)C[C@H]2C(=O)O)c1. The van der Waals surface area contributed by atoms with Gasteiger partial charge in [0, 0.05) is 25.2 Å². The van der Waals surface area contributed by atoms with Crippen molar-refractivity contribution in [3.8, 4) is 5.69 Å². The number of carboxylic acids is 1. The van der Waals surface area contributed by atoms with E-state index in [1.807, 2.05) is 0 Å². The van der Waals surface area contributed by atoms with Crippen molar-refractivity contribution >= 4 is 33.2 Å². The van der Waals surface area contributed by atoms with Gasteiger partial charge in [-0.1, -0.05) is 18.2 Å². The van der Waals surface area contributed by atoms with Gasteiger partial charge in [-0.05, 0) is 43.7 Å². The molecule has 3 aromatic rings. The molecule has 196 valence electrons. The van der Waals surface area contributed by atoms with Crippen molar-refractivity contribution in [1.29, 1.82) is 0 Å². The van der Waals surface area contributed by atoms with E-state index in [1.165, 1.54) is 22.6 Å². The van der Waals surface area contributed by atoms with E-state index in [0.717, 1.165) is 12.1 Å². The zero-order chi connectivity index (χ0) is 27.1. The van der Waals surface area contributed by atoms with Crippen LogP contribution in [-0.2, 0) is 25.6 Å². The van der Waals surface area contributed by atoms with E-state index >= 15 is 0 Å². The van der Waals surface area contributed by atoms with Crippen LogP contribution in [0.1, 0.15) is 24.6 Å². The summed E-state index contributed by atoms with van der Waals surface area (Å²) < 4.78 is 68.8. The summed E-state index contributed by atoms with van der Waals surface area (Å²) in [6.45, 7) is 2.65. The summed E-state index contributed by atoms with van der Waals surface area (Å²) in [5.41, 5.74) is 0.130. The number of carbonyl (C=O) groups is 2. The van der Waals surface area contributed by atoms with E-state index in [4.69, 9.17) is 0 Å². The Morgan fingerprint density at radius 1 is 1.11 bits per heavy atom. The van der Waals surface area contributed by atoms with Crippen LogP contribution in [0.2, 0.25) is 0 Å². The maximum absolute atomic E-state index is 13.6. The average Bonchev–Trinajstić information content (AvgIpc) is 3.43. The lowest BCUT2D eigenvalue weighted by atomic mass is 10.2. The van der Waals surface area contributed by atoms with Crippen LogP contribution in [0, 0.1) is 6.92 Å². The van der Waals surface area contributed by atoms with Crippen molar-refractivity contribution in [3.63, 3.8) is 0 Å². The van der Waals surface area contributed by atoms with E-state index < -0.39 is 50.2 Å². The predicted octanol–water partition coefficient (Wildman–Crippen LogP) is 3.66. The number of halogens is 3. The van der Waals surface area contributed by atoms with Crippen LogP contribution >= 0.6 is 0 Å². The van der Waals surface area contributed by atoms with Gasteiger partial charge in [0.15, 0.2) is 9.84 Å². The van der Waals surface area contributed by atoms with Crippen LogP contribution in [-0.4, -0.2) is 53.0 Å². The van der Waals surface area contributed by atoms with Crippen LogP contribution in [0.15, 0.2) is 59.5 Å². The number of alkyl halides is 3. The number of nitrogens with one attached hydrogen (secondary N) is 1. The second-order valence-corrected chi connectivity index (χ2v) is 10.9. The molecule has 0 bridgehead atoms. The number of aryl methyl sites for hydroxylation is 1. The highest BCUT2D eigenvalue weighted by atomic mass is 32.2. The van der Waals surface area contributed by atoms with Crippen LogP contribution in [0.4, 0.5) is 24.7 Å². The number of hydrogen-bond acceptors (Lipinski definition) is 6. The maximum atomic E-state index is 13.6.